The van der Waals surface area contributed by atoms with Crippen LogP contribution in [0.25, 0.3) is 0 Å². The first-order valence-electron chi connectivity index (χ1n) is 10.8. The van der Waals surface area contributed by atoms with Crippen molar-refractivity contribution in [2.24, 2.45) is 0 Å². The minimum Gasteiger partial charge on any atom is -0.486 e. The first-order chi connectivity index (χ1) is 15.6. The lowest BCUT2D eigenvalue weighted by Gasteiger charge is -2.36. The average Bonchev–Trinajstić information content (AvgIpc) is 2.82. The lowest BCUT2D eigenvalue weighted by molar-refractivity contribution is -0.136. The van der Waals surface area contributed by atoms with Crippen LogP contribution in [0.3, 0.4) is 0 Å². The number of nitrogens with zero attached hydrogens (tertiary/aromatic N) is 2. The number of carbonyl (C=O) groups excluding carboxylic acids is 2. The van der Waals surface area contributed by atoms with E-state index >= 15 is 0 Å². The van der Waals surface area contributed by atoms with Gasteiger partial charge in [0.05, 0.1) is 0 Å². The Balaban J connectivity index is 1.13. The summed E-state index contributed by atoms with van der Waals surface area (Å²) in [5.41, 5.74) is 1.51. The summed E-state index contributed by atoms with van der Waals surface area (Å²) < 4.78 is 24.0. The molecular formula is C23H27FN4O4. The summed E-state index contributed by atoms with van der Waals surface area (Å²) in [5.74, 6) is -0.434. The van der Waals surface area contributed by atoms with Crippen LogP contribution < -0.4 is 25.0 Å². The van der Waals surface area contributed by atoms with E-state index in [0.717, 1.165) is 44.8 Å². The van der Waals surface area contributed by atoms with Gasteiger partial charge in [0.15, 0.2) is 11.5 Å². The van der Waals surface area contributed by atoms with E-state index in [-0.39, 0.29) is 5.82 Å². The Morgan fingerprint density at radius 3 is 2.38 bits per heavy atom. The molecule has 0 saturated carbocycles. The second-order valence-corrected chi connectivity index (χ2v) is 7.73. The van der Waals surface area contributed by atoms with Crippen molar-refractivity contribution >= 4 is 23.2 Å². The molecule has 2 aliphatic rings. The number of ether oxygens (including phenoxy) is 2. The molecule has 2 aromatic rings. The SMILES string of the molecule is O=C(NCCCN1CCN(c2ccc(F)cc2)CC1)C(=O)Nc1ccc2c(c1)OCCO2. The molecule has 0 spiro atoms. The van der Waals surface area contributed by atoms with Crippen LogP contribution in [0.15, 0.2) is 42.5 Å². The van der Waals surface area contributed by atoms with Crippen LogP contribution >= 0.6 is 0 Å². The highest BCUT2D eigenvalue weighted by molar-refractivity contribution is 6.39. The molecule has 32 heavy (non-hydrogen) atoms. The van der Waals surface area contributed by atoms with E-state index in [9.17, 15) is 14.0 Å². The Bertz CT molecular complexity index is 946. The van der Waals surface area contributed by atoms with Gasteiger partial charge in [-0.2, -0.15) is 0 Å². The van der Waals surface area contributed by atoms with Crippen molar-refractivity contribution in [3.8, 4) is 11.5 Å². The number of anilines is 2. The van der Waals surface area contributed by atoms with Gasteiger partial charge in [-0.3, -0.25) is 14.5 Å². The summed E-state index contributed by atoms with van der Waals surface area (Å²) in [7, 11) is 0. The van der Waals surface area contributed by atoms with E-state index < -0.39 is 11.8 Å². The molecule has 2 aliphatic heterocycles. The summed E-state index contributed by atoms with van der Waals surface area (Å²) in [6.45, 7) is 5.74. The highest BCUT2D eigenvalue weighted by Gasteiger charge is 2.18. The van der Waals surface area contributed by atoms with Crippen LogP contribution in [0.5, 0.6) is 11.5 Å². The quantitative estimate of drug-likeness (QED) is 0.525. The van der Waals surface area contributed by atoms with Gasteiger partial charge in [0, 0.05) is 50.2 Å². The van der Waals surface area contributed by atoms with Gasteiger partial charge in [0.2, 0.25) is 0 Å². The monoisotopic (exact) mass is 442 g/mol. The molecule has 0 radical (unpaired) electrons. The molecule has 2 aromatic carbocycles. The standard InChI is InChI=1S/C23H27FN4O4/c24-17-2-5-19(6-3-17)28-12-10-27(11-13-28)9-1-8-25-22(29)23(30)26-18-4-7-20-21(16-18)32-15-14-31-20/h2-7,16H,1,8-15H2,(H,25,29)(H,26,30). The van der Waals surface area contributed by atoms with Gasteiger partial charge in [-0.1, -0.05) is 0 Å². The number of hydrogen-bond acceptors (Lipinski definition) is 6. The number of piperazine rings is 1. The van der Waals surface area contributed by atoms with Crippen molar-refractivity contribution in [3.05, 3.63) is 48.3 Å². The Labute approximate surface area is 186 Å². The van der Waals surface area contributed by atoms with Crippen molar-refractivity contribution in [2.45, 2.75) is 6.42 Å². The maximum Gasteiger partial charge on any atom is 0.313 e. The number of nitrogens with one attached hydrogen (secondary N) is 2. The third-order valence-corrected chi connectivity index (χ3v) is 5.51. The number of amides is 2. The first kappa shape index (κ1) is 21.9. The van der Waals surface area contributed by atoms with Crippen LogP contribution in [-0.2, 0) is 9.59 Å². The fourth-order valence-corrected chi connectivity index (χ4v) is 3.78. The van der Waals surface area contributed by atoms with Gasteiger partial charge in [-0.15, -0.1) is 0 Å². The van der Waals surface area contributed by atoms with Gasteiger partial charge >= 0.3 is 11.8 Å². The van der Waals surface area contributed by atoms with Crippen molar-refractivity contribution in [1.29, 1.82) is 0 Å². The molecule has 2 N–H and O–H groups in total. The molecule has 8 nitrogen and oxygen atoms in total. The topological polar surface area (TPSA) is 83.1 Å². The second-order valence-electron chi connectivity index (χ2n) is 7.73. The van der Waals surface area contributed by atoms with E-state index in [1.807, 2.05) is 0 Å². The molecule has 170 valence electrons. The summed E-state index contributed by atoms with van der Waals surface area (Å²) in [6.07, 6.45) is 0.750. The fourth-order valence-electron chi connectivity index (χ4n) is 3.78. The first-order valence-corrected chi connectivity index (χ1v) is 10.8. The Morgan fingerprint density at radius 1 is 0.906 bits per heavy atom. The number of benzene rings is 2. The van der Waals surface area contributed by atoms with Crippen LogP contribution in [-0.4, -0.2) is 69.2 Å². The van der Waals surface area contributed by atoms with Crippen LogP contribution in [0, 0.1) is 5.82 Å². The van der Waals surface area contributed by atoms with Crippen molar-refractivity contribution in [2.75, 3.05) is 62.7 Å². The number of carbonyl (C=O) groups is 2. The van der Waals surface area contributed by atoms with Crippen LogP contribution in [0.1, 0.15) is 6.42 Å². The van der Waals surface area contributed by atoms with E-state index in [2.05, 4.69) is 20.4 Å². The third kappa shape index (κ3) is 5.67. The minimum atomic E-state index is -0.713. The zero-order valence-corrected chi connectivity index (χ0v) is 17.8. The summed E-state index contributed by atoms with van der Waals surface area (Å²) in [4.78, 5) is 28.8. The number of hydrogen-bond donors (Lipinski definition) is 2. The molecule has 1 fully saturated rings. The van der Waals surface area contributed by atoms with E-state index in [4.69, 9.17) is 9.47 Å². The molecule has 2 amide bonds. The van der Waals surface area contributed by atoms with Crippen LogP contribution in [0.2, 0.25) is 0 Å². The number of fused-ring (bicyclic) bond motifs is 1. The zero-order chi connectivity index (χ0) is 22.3. The Morgan fingerprint density at radius 2 is 1.62 bits per heavy atom. The summed E-state index contributed by atoms with van der Waals surface area (Å²) in [5, 5.41) is 5.25. The van der Waals surface area contributed by atoms with Gasteiger partial charge in [-0.05, 0) is 49.4 Å². The molecule has 1 saturated heterocycles. The fraction of sp³-hybridized carbons (Fsp3) is 0.391. The second kappa shape index (κ2) is 10.3. The summed E-state index contributed by atoms with van der Waals surface area (Å²) in [6, 6.07) is 11.6. The lowest BCUT2D eigenvalue weighted by atomic mass is 10.2. The highest BCUT2D eigenvalue weighted by atomic mass is 19.1. The molecule has 4 rings (SSSR count). The molecule has 2 heterocycles. The Kier molecular flexibility index (Phi) is 7.06. The van der Waals surface area contributed by atoms with Crippen molar-refractivity contribution in [3.63, 3.8) is 0 Å². The third-order valence-electron chi connectivity index (χ3n) is 5.51. The molecule has 9 heteroatoms. The molecule has 0 atom stereocenters. The number of halogens is 1. The Hall–Kier alpha value is -3.33. The molecular weight excluding hydrogens is 415 g/mol. The minimum absolute atomic E-state index is 0.227. The molecule has 0 unspecified atom stereocenters. The molecule has 0 aliphatic carbocycles. The van der Waals surface area contributed by atoms with Crippen LogP contribution in [0.4, 0.5) is 15.8 Å². The smallest absolute Gasteiger partial charge is 0.313 e. The maximum absolute atomic E-state index is 13.1. The van der Waals surface area contributed by atoms with E-state index in [1.165, 1.54) is 12.1 Å². The van der Waals surface area contributed by atoms with Gasteiger partial charge < -0.3 is 25.0 Å². The molecule has 0 aromatic heterocycles. The van der Waals surface area contributed by atoms with E-state index in [1.54, 1.807) is 30.3 Å². The predicted octanol–water partition coefficient (Wildman–Crippen LogP) is 1.86. The largest absolute Gasteiger partial charge is 0.486 e. The normalized spacial score (nSPS) is 15.8. The van der Waals surface area contributed by atoms with E-state index in [0.29, 0.717) is 36.9 Å². The zero-order valence-electron chi connectivity index (χ0n) is 17.8. The predicted molar refractivity (Wildman–Crippen MR) is 119 cm³/mol. The summed E-state index contributed by atoms with van der Waals surface area (Å²) >= 11 is 0. The highest BCUT2D eigenvalue weighted by Crippen LogP contribution is 2.32. The maximum atomic E-state index is 13.1. The van der Waals surface area contributed by atoms with Gasteiger partial charge in [0.1, 0.15) is 19.0 Å². The lowest BCUT2D eigenvalue weighted by Crippen LogP contribution is -2.47. The average molecular weight is 442 g/mol. The van der Waals surface area contributed by atoms with Gasteiger partial charge in [0.25, 0.3) is 0 Å². The number of rotatable bonds is 6. The van der Waals surface area contributed by atoms with Crippen molar-refractivity contribution < 1.29 is 23.5 Å². The molecule has 0 bridgehead atoms. The van der Waals surface area contributed by atoms with Crippen molar-refractivity contribution in [1.82, 2.24) is 10.2 Å². The van der Waals surface area contributed by atoms with Gasteiger partial charge in [-0.25, -0.2) is 4.39 Å².